The van der Waals surface area contributed by atoms with E-state index < -0.39 is 5.67 Å². The van der Waals surface area contributed by atoms with E-state index in [0.717, 1.165) is 18.4 Å². The van der Waals surface area contributed by atoms with Gasteiger partial charge in [-0.15, -0.1) is 0 Å². The Morgan fingerprint density at radius 3 is 2.85 bits per heavy atom. The number of hydrogen-bond donors (Lipinski definition) is 0. The molecule has 0 N–H and O–H groups in total. The Balaban J connectivity index is 1.54. The summed E-state index contributed by atoms with van der Waals surface area (Å²) in [5, 5.41) is 0.516. The molecule has 0 radical (unpaired) electrons. The fourth-order valence-corrected chi connectivity index (χ4v) is 3.87. The molecule has 0 unspecified atom stereocenters. The van der Waals surface area contributed by atoms with E-state index in [9.17, 15) is 4.79 Å². The summed E-state index contributed by atoms with van der Waals surface area (Å²) in [6.07, 6.45) is 4.52. The molecule has 4 nitrogen and oxygen atoms in total. The van der Waals surface area contributed by atoms with Crippen LogP contribution in [0.1, 0.15) is 36.3 Å². The lowest BCUT2D eigenvalue weighted by molar-refractivity contribution is 0.0784. The Morgan fingerprint density at radius 1 is 1.19 bits per heavy atom. The lowest BCUT2D eigenvalue weighted by atomic mass is 9.90. The van der Waals surface area contributed by atoms with Crippen LogP contribution >= 0.6 is 0 Å². The molecular formula is C22H18FN3O. The van der Waals surface area contributed by atoms with Gasteiger partial charge in [0.25, 0.3) is 5.56 Å². The molecule has 0 amide bonds. The number of nitrogens with zero attached hydrogens (tertiary/aromatic N) is 3. The predicted molar refractivity (Wildman–Crippen MR) is 101 cm³/mol. The molecule has 27 heavy (non-hydrogen) atoms. The molecule has 0 bridgehead atoms. The summed E-state index contributed by atoms with van der Waals surface area (Å²) in [6, 6.07) is 11.0. The molecule has 1 aliphatic carbocycles. The Labute approximate surface area is 156 Å². The average Bonchev–Trinajstić information content (AvgIpc) is 3.54. The highest BCUT2D eigenvalue weighted by molar-refractivity contribution is 5.79. The van der Waals surface area contributed by atoms with Crippen molar-refractivity contribution in [3.05, 3.63) is 70.0 Å². The average molecular weight is 359 g/mol. The van der Waals surface area contributed by atoms with Gasteiger partial charge in [-0.25, -0.2) is 14.4 Å². The van der Waals surface area contributed by atoms with Crippen molar-refractivity contribution in [2.75, 3.05) is 0 Å². The Bertz CT molecular complexity index is 1160. The minimum Gasteiger partial charge on any atom is -0.293 e. The van der Waals surface area contributed by atoms with Gasteiger partial charge in [-0.2, -0.15) is 0 Å². The molecule has 1 atom stereocenters. The molecule has 134 valence electrons. The van der Waals surface area contributed by atoms with Crippen molar-refractivity contribution in [3.63, 3.8) is 0 Å². The van der Waals surface area contributed by atoms with Crippen LogP contribution in [-0.2, 0) is 13.0 Å². The van der Waals surface area contributed by atoms with Crippen LogP contribution in [0.25, 0.3) is 10.9 Å². The van der Waals surface area contributed by atoms with Gasteiger partial charge < -0.3 is 0 Å². The van der Waals surface area contributed by atoms with Gasteiger partial charge in [0.05, 0.1) is 17.4 Å². The summed E-state index contributed by atoms with van der Waals surface area (Å²) in [5.41, 5.74) is 0.688. The largest absolute Gasteiger partial charge is 0.293 e. The van der Waals surface area contributed by atoms with Crippen LogP contribution in [0.3, 0.4) is 0 Å². The monoisotopic (exact) mass is 359 g/mol. The zero-order chi connectivity index (χ0) is 18.4. The summed E-state index contributed by atoms with van der Waals surface area (Å²) in [6.45, 7) is 0.135. The number of pyridine rings is 1. The number of alkyl halides is 1. The SMILES string of the molecule is O=c1c2ccc(C#Cc3ccccn3)cc2nc2n1C[C@@](F)(C1CC1)CC2. The summed E-state index contributed by atoms with van der Waals surface area (Å²) < 4.78 is 16.7. The molecule has 2 aliphatic rings. The molecule has 0 saturated heterocycles. The van der Waals surface area contributed by atoms with Gasteiger partial charge in [0.1, 0.15) is 17.2 Å². The highest BCUT2D eigenvalue weighted by Gasteiger charge is 2.48. The number of rotatable bonds is 1. The molecule has 1 fully saturated rings. The second-order valence-electron chi connectivity index (χ2n) is 7.43. The third-order valence-corrected chi connectivity index (χ3v) is 5.53. The van der Waals surface area contributed by atoms with Crippen molar-refractivity contribution in [2.24, 2.45) is 5.92 Å². The third kappa shape index (κ3) is 2.91. The van der Waals surface area contributed by atoms with Crippen LogP contribution < -0.4 is 5.56 Å². The minimum atomic E-state index is -1.25. The van der Waals surface area contributed by atoms with Crippen LogP contribution in [0, 0.1) is 17.8 Å². The van der Waals surface area contributed by atoms with E-state index in [0.29, 0.717) is 35.3 Å². The van der Waals surface area contributed by atoms with Crippen LogP contribution in [0.5, 0.6) is 0 Å². The van der Waals surface area contributed by atoms with E-state index in [-0.39, 0.29) is 18.0 Å². The van der Waals surface area contributed by atoms with Gasteiger partial charge in [-0.05, 0) is 61.4 Å². The molecule has 5 heteroatoms. The highest BCUT2D eigenvalue weighted by atomic mass is 19.1. The fourth-order valence-electron chi connectivity index (χ4n) is 3.87. The zero-order valence-corrected chi connectivity index (χ0v) is 14.8. The minimum absolute atomic E-state index is 0.109. The number of benzene rings is 1. The van der Waals surface area contributed by atoms with Crippen LogP contribution in [0.2, 0.25) is 0 Å². The van der Waals surface area contributed by atoms with Crippen molar-refractivity contribution in [3.8, 4) is 11.8 Å². The molecule has 5 rings (SSSR count). The van der Waals surface area contributed by atoms with E-state index in [1.807, 2.05) is 24.3 Å². The Morgan fingerprint density at radius 2 is 2.07 bits per heavy atom. The molecule has 1 aliphatic heterocycles. The Kier molecular flexibility index (Phi) is 3.61. The lowest BCUT2D eigenvalue weighted by Crippen LogP contribution is -2.42. The van der Waals surface area contributed by atoms with Crippen molar-refractivity contribution in [2.45, 2.75) is 37.9 Å². The summed E-state index contributed by atoms with van der Waals surface area (Å²) in [4.78, 5) is 21.7. The number of fused-ring (bicyclic) bond motifs is 2. The molecule has 3 heterocycles. The standard InChI is InChI=1S/C22H18FN3O/c23-22(16-6-7-16)11-10-20-25-19-13-15(4-8-17-3-1-2-12-24-17)5-9-18(19)21(27)26(20)14-22/h1-3,5,9,12-13,16H,6-7,10-11,14H2/t22-/m1/s1. The van der Waals surface area contributed by atoms with Gasteiger partial charge in [0, 0.05) is 18.2 Å². The first kappa shape index (κ1) is 16.2. The van der Waals surface area contributed by atoms with Crippen LogP contribution in [0.15, 0.2) is 47.4 Å². The number of aromatic nitrogens is 3. The molecule has 1 saturated carbocycles. The van der Waals surface area contributed by atoms with E-state index in [4.69, 9.17) is 0 Å². The van der Waals surface area contributed by atoms with E-state index >= 15 is 4.39 Å². The first-order valence-corrected chi connectivity index (χ1v) is 9.28. The van der Waals surface area contributed by atoms with Crippen LogP contribution in [-0.4, -0.2) is 20.2 Å². The zero-order valence-electron chi connectivity index (χ0n) is 14.8. The van der Waals surface area contributed by atoms with Gasteiger partial charge in [-0.3, -0.25) is 9.36 Å². The lowest BCUT2D eigenvalue weighted by Gasteiger charge is -2.32. The summed E-state index contributed by atoms with van der Waals surface area (Å²) >= 11 is 0. The Hall–Kier alpha value is -3.00. The van der Waals surface area contributed by atoms with E-state index in [2.05, 4.69) is 21.8 Å². The van der Waals surface area contributed by atoms with Crippen molar-refractivity contribution in [1.82, 2.24) is 14.5 Å². The number of halogens is 1. The van der Waals surface area contributed by atoms with E-state index in [1.54, 1.807) is 22.9 Å². The molecular weight excluding hydrogens is 341 g/mol. The van der Waals surface area contributed by atoms with Gasteiger partial charge in [-0.1, -0.05) is 12.0 Å². The molecule has 2 aromatic heterocycles. The summed E-state index contributed by atoms with van der Waals surface area (Å²) in [7, 11) is 0. The van der Waals surface area contributed by atoms with E-state index in [1.165, 1.54) is 0 Å². The first-order valence-electron chi connectivity index (χ1n) is 9.28. The topological polar surface area (TPSA) is 47.8 Å². The maximum absolute atomic E-state index is 15.1. The smallest absolute Gasteiger partial charge is 0.261 e. The van der Waals surface area contributed by atoms with Crippen LogP contribution in [0.4, 0.5) is 4.39 Å². The van der Waals surface area contributed by atoms with Crippen molar-refractivity contribution < 1.29 is 4.39 Å². The fraction of sp³-hybridized carbons (Fsp3) is 0.318. The third-order valence-electron chi connectivity index (χ3n) is 5.53. The maximum Gasteiger partial charge on any atom is 0.261 e. The summed E-state index contributed by atoms with van der Waals surface area (Å²) in [5.74, 6) is 6.86. The first-order chi connectivity index (χ1) is 13.1. The number of aryl methyl sites for hydroxylation is 1. The predicted octanol–water partition coefficient (Wildman–Crippen LogP) is 3.26. The van der Waals surface area contributed by atoms with Gasteiger partial charge >= 0.3 is 0 Å². The molecule has 3 aromatic rings. The van der Waals surface area contributed by atoms with Gasteiger partial charge in [0.2, 0.25) is 0 Å². The molecule has 1 aromatic carbocycles. The maximum atomic E-state index is 15.1. The van der Waals surface area contributed by atoms with Gasteiger partial charge in [0.15, 0.2) is 0 Å². The normalized spacial score (nSPS) is 21.4. The van der Waals surface area contributed by atoms with Crippen molar-refractivity contribution >= 4 is 10.9 Å². The number of hydrogen-bond acceptors (Lipinski definition) is 3. The second-order valence-corrected chi connectivity index (χ2v) is 7.43. The molecule has 0 spiro atoms. The highest BCUT2D eigenvalue weighted by Crippen LogP contribution is 2.47. The van der Waals surface area contributed by atoms with Crippen molar-refractivity contribution in [1.29, 1.82) is 0 Å². The second kappa shape index (κ2) is 6.02. The quantitative estimate of drug-likeness (QED) is 0.627.